The van der Waals surface area contributed by atoms with Gasteiger partial charge < -0.3 is 10.4 Å². The van der Waals surface area contributed by atoms with Crippen molar-refractivity contribution < 1.29 is 5.11 Å². The highest BCUT2D eigenvalue weighted by Crippen LogP contribution is 2.36. The third-order valence-corrected chi connectivity index (χ3v) is 5.25. The maximum Gasteiger partial charge on any atom is 0.0499 e. The summed E-state index contributed by atoms with van der Waals surface area (Å²) in [5.74, 6) is 0. The number of benzene rings is 1. The number of rotatable bonds is 5. The SMILES string of the molecule is CC(C)(NCC1(CO)CCCCC1)c1ccc(Br)cc1. The van der Waals surface area contributed by atoms with Crippen LogP contribution in [0, 0.1) is 5.41 Å². The van der Waals surface area contributed by atoms with Gasteiger partial charge in [-0.05, 0) is 44.4 Å². The quantitative estimate of drug-likeness (QED) is 0.841. The third-order valence-electron chi connectivity index (χ3n) is 4.72. The minimum atomic E-state index is -0.0691. The van der Waals surface area contributed by atoms with Crippen LogP contribution in [-0.4, -0.2) is 18.3 Å². The van der Waals surface area contributed by atoms with Crippen LogP contribution in [-0.2, 0) is 5.54 Å². The van der Waals surface area contributed by atoms with Gasteiger partial charge in [-0.3, -0.25) is 0 Å². The number of halogens is 1. The molecule has 0 radical (unpaired) electrons. The van der Waals surface area contributed by atoms with Crippen LogP contribution in [0.1, 0.15) is 51.5 Å². The summed E-state index contributed by atoms with van der Waals surface area (Å²) in [5, 5.41) is 13.5. The lowest BCUT2D eigenvalue weighted by Gasteiger charge is -2.39. The summed E-state index contributed by atoms with van der Waals surface area (Å²) in [4.78, 5) is 0. The molecule has 0 unspecified atom stereocenters. The molecule has 0 heterocycles. The fourth-order valence-corrected chi connectivity index (χ4v) is 3.33. The lowest BCUT2D eigenvalue weighted by molar-refractivity contribution is 0.0734. The molecule has 112 valence electrons. The first-order chi connectivity index (χ1) is 9.47. The van der Waals surface area contributed by atoms with Gasteiger partial charge in [0.25, 0.3) is 0 Å². The van der Waals surface area contributed by atoms with E-state index in [-0.39, 0.29) is 11.0 Å². The zero-order valence-electron chi connectivity index (χ0n) is 12.6. The minimum Gasteiger partial charge on any atom is -0.396 e. The maximum atomic E-state index is 9.80. The van der Waals surface area contributed by atoms with E-state index in [1.54, 1.807) is 0 Å². The van der Waals surface area contributed by atoms with Gasteiger partial charge in [0.1, 0.15) is 0 Å². The van der Waals surface area contributed by atoms with E-state index in [1.807, 2.05) is 0 Å². The van der Waals surface area contributed by atoms with Gasteiger partial charge in [0, 0.05) is 28.6 Å². The van der Waals surface area contributed by atoms with Crippen molar-refractivity contribution >= 4 is 15.9 Å². The van der Waals surface area contributed by atoms with Gasteiger partial charge in [-0.25, -0.2) is 0 Å². The molecule has 0 aliphatic heterocycles. The Morgan fingerprint density at radius 2 is 1.75 bits per heavy atom. The lowest BCUT2D eigenvalue weighted by atomic mass is 9.74. The highest BCUT2D eigenvalue weighted by molar-refractivity contribution is 9.10. The molecule has 1 aliphatic rings. The third kappa shape index (κ3) is 3.84. The smallest absolute Gasteiger partial charge is 0.0499 e. The van der Waals surface area contributed by atoms with E-state index in [9.17, 15) is 5.11 Å². The van der Waals surface area contributed by atoms with E-state index in [1.165, 1.54) is 24.8 Å². The van der Waals surface area contributed by atoms with Crippen LogP contribution in [0.25, 0.3) is 0 Å². The molecule has 0 amide bonds. The number of aliphatic hydroxyl groups is 1. The van der Waals surface area contributed by atoms with Crippen LogP contribution in [0.3, 0.4) is 0 Å². The molecule has 1 aromatic rings. The van der Waals surface area contributed by atoms with Gasteiger partial charge in [0.05, 0.1) is 0 Å². The van der Waals surface area contributed by atoms with E-state index in [2.05, 4.69) is 59.4 Å². The average Bonchev–Trinajstić information content (AvgIpc) is 2.47. The molecule has 0 saturated heterocycles. The molecule has 0 atom stereocenters. The van der Waals surface area contributed by atoms with E-state index in [0.29, 0.717) is 6.61 Å². The van der Waals surface area contributed by atoms with Crippen molar-refractivity contribution in [2.45, 2.75) is 51.5 Å². The fraction of sp³-hybridized carbons (Fsp3) is 0.647. The molecule has 1 fully saturated rings. The van der Waals surface area contributed by atoms with Crippen LogP contribution >= 0.6 is 15.9 Å². The van der Waals surface area contributed by atoms with Gasteiger partial charge in [0.15, 0.2) is 0 Å². The van der Waals surface area contributed by atoms with Gasteiger partial charge in [-0.1, -0.05) is 47.3 Å². The molecule has 2 nitrogen and oxygen atoms in total. The number of aliphatic hydroxyl groups excluding tert-OH is 1. The molecular formula is C17H26BrNO. The second-order valence-corrected chi connectivity index (χ2v) is 7.62. The predicted molar refractivity (Wildman–Crippen MR) is 87.8 cm³/mol. The van der Waals surface area contributed by atoms with Crippen LogP contribution in [0.4, 0.5) is 0 Å². The Morgan fingerprint density at radius 3 is 2.30 bits per heavy atom. The first kappa shape index (κ1) is 16.0. The van der Waals surface area contributed by atoms with Gasteiger partial charge >= 0.3 is 0 Å². The first-order valence-electron chi connectivity index (χ1n) is 7.59. The highest BCUT2D eigenvalue weighted by atomic mass is 79.9. The van der Waals surface area contributed by atoms with Crippen LogP contribution in [0.5, 0.6) is 0 Å². The normalized spacial score (nSPS) is 19.0. The topological polar surface area (TPSA) is 32.3 Å². The summed E-state index contributed by atoms with van der Waals surface area (Å²) >= 11 is 3.48. The van der Waals surface area contributed by atoms with Crippen molar-refractivity contribution in [3.05, 3.63) is 34.3 Å². The minimum absolute atomic E-state index is 0.0691. The summed E-state index contributed by atoms with van der Waals surface area (Å²) in [6.07, 6.45) is 6.11. The molecule has 1 aromatic carbocycles. The summed E-state index contributed by atoms with van der Waals surface area (Å²) in [7, 11) is 0. The molecule has 20 heavy (non-hydrogen) atoms. The number of hydrogen-bond donors (Lipinski definition) is 2. The van der Waals surface area contributed by atoms with Crippen molar-refractivity contribution in [2.75, 3.05) is 13.2 Å². The Bertz CT molecular complexity index is 421. The molecule has 1 saturated carbocycles. The molecular weight excluding hydrogens is 314 g/mol. The Hall–Kier alpha value is -0.380. The number of hydrogen-bond acceptors (Lipinski definition) is 2. The van der Waals surface area contributed by atoms with Crippen LogP contribution < -0.4 is 5.32 Å². The second-order valence-electron chi connectivity index (χ2n) is 6.70. The fourth-order valence-electron chi connectivity index (χ4n) is 3.07. The largest absolute Gasteiger partial charge is 0.396 e. The second kappa shape index (κ2) is 6.59. The maximum absolute atomic E-state index is 9.80. The summed E-state index contributed by atoms with van der Waals surface area (Å²) in [5.41, 5.74) is 1.30. The van der Waals surface area contributed by atoms with Crippen LogP contribution in [0.2, 0.25) is 0 Å². The summed E-state index contributed by atoms with van der Waals surface area (Å²) in [6.45, 7) is 5.62. The van der Waals surface area contributed by atoms with Crippen molar-refractivity contribution in [1.29, 1.82) is 0 Å². The van der Waals surface area contributed by atoms with Crippen molar-refractivity contribution in [1.82, 2.24) is 5.32 Å². The lowest BCUT2D eigenvalue weighted by Crippen LogP contribution is -2.46. The van der Waals surface area contributed by atoms with E-state index >= 15 is 0 Å². The Morgan fingerprint density at radius 1 is 1.15 bits per heavy atom. The predicted octanol–water partition coefficient (Wildman–Crippen LogP) is 4.22. The van der Waals surface area contributed by atoms with E-state index < -0.39 is 0 Å². The summed E-state index contributed by atoms with van der Waals surface area (Å²) in [6, 6.07) is 8.48. The Kier molecular flexibility index (Phi) is 5.27. The monoisotopic (exact) mass is 339 g/mol. The molecule has 0 aromatic heterocycles. The number of nitrogens with one attached hydrogen (secondary N) is 1. The van der Waals surface area contributed by atoms with Crippen LogP contribution in [0.15, 0.2) is 28.7 Å². The summed E-state index contributed by atoms with van der Waals surface area (Å²) < 4.78 is 1.11. The van der Waals surface area contributed by atoms with Gasteiger partial charge in [0.2, 0.25) is 0 Å². The highest BCUT2D eigenvalue weighted by Gasteiger charge is 2.33. The Labute approximate surface area is 131 Å². The van der Waals surface area contributed by atoms with E-state index in [0.717, 1.165) is 23.9 Å². The van der Waals surface area contributed by atoms with Gasteiger partial charge in [-0.15, -0.1) is 0 Å². The molecule has 1 aliphatic carbocycles. The van der Waals surface area contributed by atoms with Crippen molar-refractivity contribution in [3.8, 4) is 0 Å². The molecule has 0 spiro atoms. The first-order valence-corrected chi connectivity index (χ1v) is 8.39. The molecule has 0 bridgehead atoms. The zero-order valence-corrected chi connectivity index (χ0v) is 14.2. The Balaban J connectivity index is 2.02. The standard InChI is InChI=1S/C17H26BrNO/c1-16(2,14-6-8-15(18)9-7-14)19-12-17(13-20)10-4-3-5-11-17/h6-9,19-20H,3-5,10-13H2,1-2H3. The molecule has 3 heteroatoms. The van der Waals surface area contributed by atoms with Crippen molar-refractivity contribution in [2.24, 2.45) is 5.41 Å². The average molecular weight is 340 g/mol. The zero-order chi connectivity index (χ0) is 14.6. The van der Waals surface area contributed by atoms with Crippen molar-refractivity contribution in [3.63, 3.8) is 0 Å². The molecule has 2 rings (SSSR count). The van der Waals surface area contributed by atoms with E-state index in [4.69, 9.17) is 0 Å². The van der Waals surface area contributed by atoms with Gasteiger partial charge in [-0.2, -0.15) is 0 Å². The molecule has 2 N–H and O–H groups in total.